The summed E-state index contributed by atoms with van der Waals surface area (Å²) in [5.74, 6) is -0.381. The molecule has 2 rings (SSSR count). The molecular weight excluding hydrogens is 420 g/mol. The van der Waals surface area contributed by atoms with Crippen molar-refractivity contribution < 1.29 is 9.59 Å². The summed E-state index contributed by atoms with van der Waals surface area (Å²) in [4.78, 5) is 24.6. The second-order valence-corrected chi connectivity index (χ2v) is 7.47. The smallest absolute Gasteiger partial charge is 0.265 e. The number of amides is 2. The van der Waals surface area contributed by atoms with Crippen molar-refractivity contribution in [2.45, 2.75) is 6.92 Å². The number of benzene rings is 1. The zero-order valence-corrected chi connectivity index (χ0v) is 15.3. The lowest BCUT2D eigenvalue weighted by atomic mass is 10.1. The summed E-state index contributed by atoms with van der Waals surface area (Å²) in [5.41, 5.74) is 1.91. The van der Waals surface area contributed by atoms with Crippen LogP contribution in [0.2, 0.25) is 0 Å². The topological polar surface area (TPSA) is 58.2 Å². The number of hydrogen-bond acceptors (Lipinski definition) is 3. The molecule has 2 amide bonds. The lowest BCUT2D eigenvalue weighted by molar-refractivity contribution is 0.0961. The summed E-state index contributed by atoms with van der Waals surface area (Å²) in [5, 5.41) is 5.42. The predicted molar refractivity (Wildman–Crippen MR) is 92.2 cm³/mol. The highest BCUT2D eigenvalue weighted by Crippen LogP contribution is 2.33. The Bertz CT molecular complexity index is 693. The summed E-state index contributed by atoms with van der Waals surface area (Å²) in [6.07, 6.45) is 0. The van der Waals surface area contributed by atoms with Gasteiger partial charge in [0, 0.05) is 22.8 Å². The van der Waals surface area contributed by atoms with Crippen molar-refractivity contribution in [3.63, 3.8) is 0 Å². The zero-order valence-electron chi connectivity index (χ0n) is 11.3. The Hall–Kier alpha value is -1.18. The molecule has 2 N–H and O–H groups in total. The number of carbonyl (C=O) groups excluding carboxylic acids is 2. The van der Waals surface area contributed by atoms with Gasteiger partial charge in [0.1, 0.15) is 0 Å². The molecule has 0 aliphatic carbocycles. The van der Waals surface area contributed by atoms with Gasteiger partial charge in [-0.1, -0.05) is 6.07 Å². The third kappa shape index (κ3) is 3.53. The summed E-state index contributed by atoms with van der Waals surface area (Å²) in [7, 11) is 1.58. The van der Waals surface area contributed by atoms with E-state index in [9.17, 15) is 9.59 Å². The highest BCUT2D eigenvalue weighted by molar-refractivity contribution is 9.13. The van der Waals surface area contributed by atoms with Crippen LogP contribution < -0.4 is 10.6 Å². The fraction of sp³-hybridized carbons (Fsp3) is 0.143. The number of carbonyl (C=O) groups is 2. The summed E-state index contributed by atoms with van der Waals surface area (Å²) < 4.78 is 1.71. The molecule has 1 heterocycles. The molecule has 0 aliphatic rings. The summed E-state index contributed by atoms with van der Waals surface area (Å²) >= 11 is 8.06. The number of rotatable bonds is 3. The first-order valence-corrected chi connectivity index (χ1v) is 8.42. The Labute approximate surface area is 143 Å². The van der Waals surface area contributed by atoms with Gasteiger partial charge in [-0.3, -0.25) is 9.59 Å². The largest absolute Gasteiger partial charge is 0.355 e. The van der Waals surface area contributed by atoms with Crippen LogP contribution in [-0.2, 0) is 0 Å². The monoisotopic (exact) mass is 430 g/mol. The number of anilines is 1. The van der Waals surface area contributed by atoms with E-state index in [1.54, 1.807) is 38.2 Å². The minimum absolute atomic E-state index is 0.176. The molecule has 0 saturated carbocycles. The normalized spacial score (nSPS) is 10.3. The molecule has 4 nitrogen and oxygen atoms in total. The second-order valence-electron chi connectivity index (χ2n) is 4.24. The molecule has 0 aliphatic heterocycles. The first-order valence-electron chi connectivity index (χ1n) is 6.02. The third-order valence-electron chi connectivity index (χ3n) is 2.92. The lowest BCUT2D eigenvalue weighted by Gasteiger charge is -2.11. The molecule has 0 radical (unpaired) electrons. The van der Waals surface area contributed by atoms with E-state index in [2.05, 4.69) is 42.5 Å². The maximum atomic E-state index is 12.2. The van der Waals surface area contributed by atoms with Gasteiger partial charge in [0.25, 0.3) is 11.8 Å². The average molecular weight is 432 g/mol. The average Bonchev–Trinajstić information content (AvgIpc) is 2.80. The fourth-order valence-electron chi connectivity index (χ4n) is 1.79. The molecule has 1 aromatic carbocycles. The highest BCUT2D eigenvalue weighted by Gasteiger charge is 2.15. The van der Waals surface area contributed by atoms with Crippen LogP contribution in [0.5, 0.6) is 0 Å². The molecule has 110 valence electrons. The van der Waals surface area contributed by atoms with E-state index >= 15 is 0 Å². The molecule has 0 fully saturated rings. The van der Waals surface area contributed by atoms with Gasteiger partial charge >= 0.3 is 0 Å². The summed E-state index contributed by atoms with van der Waals surface area (Å²) in [6, 6.07) is 7.00. The molecular formula is C14H12Br2N2O2S. The molecule has 0 bridgehead atoms. The first-order chi connectivity index (χ1) is 9.93. The molecule has 0 saturated heterocycles. The Morgan fingerprint density at radius 2 is 1.90 bits per heavy atom. The Balaban J connectivity index is 2.27. The Kier molecular flexibility index (Phi) is 5.18. The molecule has 21 heavy (non-hydrogen) atoms. The first kappa shape index (κ1) is 16.2. The number of hydrogen-bond donors (Lipinski definition) is 2. The molecule has 0 unspecified atom stereocenters. The zero-order chi connectivity index (χ0) is 15.6. The van der Waals surface area contributed by atoms with Crippen LogP contribution in [0.25, 0.3) is 0 Å². The van der Waals surface area contributed by atoms with Gasteiger partial charge in [-0.2, -0.15) is 0 Å². The van der Waals surface area contributed by atoms with Crippen LogP contribution in [0.4, 0.5) is 5.69 Å². The lowest BCUT2D eigenvalue weighted by Crippen LogP contribution is -2.20. The van der Waals surface area contributed by atoms with Crippen molar-refractivity contribution in [1.82, 2.24) is 5.32 Å². The van der Waals surface area contributed by atoms with Gasteiger partial charge < -0.3 is 10.6 Å². The van der Waals surface area contributed by atoms with E-state index < -0.39 is 0 Å². The van der Waals surface area contributed by atoms with Crippen LogP contribution in [-0.4, -0.2) is 18.9 Å². The summed E-state index contributed by atoms with van der Waals surface area (Å²) in [6.45, 7) is 1.81. The van der Waals surface area contributed by atoms with E-state index in [4.69, 9.17) is 0 Å². The number of halogens is 2. The van der Waals surface area contributed by atoms with E-state index in [0.29, 0.717) is 16.1 Å². The van der Waals surface area contributed by atoms with E-state index in [1.165, 1.54) is 11.3 Å². The van der Waals surface area contributed by atoms with Gasteiger partial charge in [0.2, 0.25) is 0 Å². The van der Waals surface area contributed by atoms with Crippen molar-refractivity contribution in [2.75, 3.05) is 12.4 Å². The molecule has 1 aromatic heterocycles. The van der Waals surface area contributed by atoms with Gasteiger partial charge in [-0.25, -0.2) is 0 Å². The maximum Gasteiger partial charge on any atom is 0.265 e. The molecule has 0 atom stereocenters. The van der Waals surface area contributed by atoms with Crippen molar-refractivity contribution >= 4 is 60.7 Å². The number of nitrogens with one attached hydrogen (secondary N) is 2. The quantitative estimate of drug-likeness (QED) is 0.765. The minimum Gasteiger partial charge on any atom is -0.355 e. The number of thiophene rings is 1. The molecule has 2 aromatic rings. The minimum atomic E-state index is -0.205. The van der Waals surface area contributed by atoms with Crippen molar-refractivity contribution in [3.8, 4) is 0 Å². The molecule has 0 spiro atoms. The van der Waals surface area contributed by atoms with Gasteiger partial charge in [0.15, 0.2) is 0 Å². The SMILES string of the molecule is CNC(=O)c1cccc(NC(=O)c2cc(Br)c(Br)s2)c1C. The maximum absolute atomic E-state index is 12.2. The van der Waals surface area contributed by atoms with Crippen LogP contribution >= 0.6 is 43.2 Å². The van der Waals surface area contributed by atoms with E-state index in [1.807, 2.05) is 0 Å². The van der Waals surface area contributed by atoms with E-state index in [0.717, 1.165) is 13.8 Å². The van der Waals surface area contributed by atoms with Crippen LogP contribution in [0.3, 0.4) is 0 Å². The van der Waals surface area contributed by atoms with Crippen LogP contribution in [0, 0.1) is 6.92 Å². The Morgan fingerprint density at radius 3 is 2.48 bits per heavy atom. The van der Waals surface area contributed by atoms with Crippen LogP contribution in [0.1, 0.15) is 25.6 Å². The predicted octanol–water partition coefficient (Wildman–Crippen LogP) is 4.19. The second kappa shape index (κ2) is 6.72. The van der Waals surface area contributed by atoms with Crippen molar-refractivity contribution in [3.05, 3.63) is 48.5 Å². The van der Waals surface area contributed by atoms with Crippen LogP contribution in [0.15, 0.2) is 32.5 Å². The van der Waals surface area contributed by atoms with E-state index in [-0.39, 0.29) is 11.8 Å². The third-order valence-corrected chi connectivity index (χ3v) is 6.18. The van der Waals surface area contributed by atoms with Gasteiger partial charge in [0.05, 0.1) is 8.66 Å². The molecule has 7 heteroatoms. The van der Waals surface area contributed by atoms with Gasteiger partial charge in [-0.05, 0) is 62.5 Å². The standard InChI is InChI=1S/C14H12Br2N2O2S/c1-7-8(13(19)17-2)4-3-5-10(7)18-14(20)11-6-9(15)12(16)21-11/h3-6H,1-2H3,(H,17,19)(H,18,20). The highest BCUT2D eigenvalue weighted by atomic mass is 79.9. The van der Waals surface area contributed by atoms with Crippen molar-refractivity contribution in [1.29, 1.82) is 0 Å². The van der Waals surface area contributed by atoms with Gasteiger partial charge in [-0.15, -0.1) is 11.3 Å². The fourth-order valence-corrected chi connectivity index (χ4v) is 3.73. The Morgan fingerprint density at radius 1 is 1.19 bits per heavy atom. The van der Waals surface area contributed by atoms with Crippen molar-refractivity contribution in [2.24, 2.45) is 0 Å².